The predicted molar refractivity (Wildman–Crippen MR) is 95.8 cm³/mol. The molecule has 0 aromatic heterocycles. The molecule has 0 aliphatic carbocycles. The van der Waals surface area contributed by atoms with Gasteiger partial charge in [0.2, 0.25) is 0 Å². The highest BCUT2D eigenvalue weighted by molar-refractivity contribution is 6.32. The molecule has 0 bridgehead atoms. The van der Waals surface area contributed by atoms with Gasteiger partial charge in [-0.1, -0.05) is 29.3 Å². The van der Waals surface area contributed by atoms with Crippen molar-refractivity contribution < 1.29 is 9.53 Å². The summed E-state index contributed by atoms with van der Waals surface area (Å²) in [6.07, 6.45) is -0.645. The average Bonchev–Trinajstić information content (AvgIpc) is 2.49. The van der Waals surface area contributed by atoms with E-state index in [1.807, 2.05) is 39.0 Å². The number of ether oxygens (including phenoxy) is 1. The Morgan fingerprint density at radius 1 is 1.13 bits per heavy atom. The van der Waals surface area contributed by atoms with E-state index in [1.54, 1.807) is 19.1 Å². The average molecular weight is 352 g/mol. The van der Waals surface area contributed by atoms with Crippen LogP contribution in [0.5, 0.6) is 5.75 Å². The lowest BCUT2D eigenvalue weighted by Gasteiger charge is -2.17. The molecular weight excluding hydrogens is 333 g/mol. The van der Waals surface area contributed by atoms with Gasteiger partial charge in [0.05, 0.1) is 0 Å². The van der Waals surface area contributed by atoms with Crippen LogP contribution in [0.15, 0.2) is 30.3 Å². The number of hydrogen-bond donors (Lipinski definition) is 1. The van der Waals surface area contributed by atoms with Crippen molar-refractivity contribution in [1.29, 1.82) is 0 Å². The smallest absolute Gasteiger partial charge is 0.265 e. The van der Waals surface area contributed by atoms with Gasteiger partial charge in [-0.15, -0.1) is 0 Å². The van der Waals surface area contributed by atoms with Crippen molar-refractivity contribution in [2.75, 3.05) is 5.32 Å². The maximum atomic E-state index is 12.3. The summed E-state index contributed by atoms with van der Waals surface area (Å²) in [5.41, 5.74) is 3.34. The second kappa shape index (κ2) is 7.24. The van der Waals surface area contributed by atoms with E-state index in [0.29, 0.717) is 21.5 Å². The van der Waals surface area contributed by atoms with Crippen molar-refractivity contribution in [3.05, 3.63) is 57.1 Å². The number of hydrogen-bond acceptors (Lipinski definition) is 2. The Balaban J connectivity index is 2.10. The summed E-state index contributed by atoms with van der Waals surface area (Å²) in [7, 11) is 0. The lowest BCUT2D eigenvalue weighted by atomic mass is 10.1. The van der Waals surface area contributed by atoms with Gasteiger partial charge in [-0.25, -0.2) is 0 Å². The van der Waals surface area contributed by atoms with Gasteiger partial charge in [0.15, 0.2) is 6.10 Å². The summed E-state index contributed by atoms with van der Waals surface area (Å²) in [5.74, 6) is 0.385. The zero-order valence-corrected chi connectivity index (χ0v) is 15.0. The minimum absolute atomic E-state index is 0.236. The van der Waals surface area contributed by atoms with Gasteiger partial charge >= 0.3 is 0 Å². The highest BCUT2D eigenvalue weighted by Crippen LogP contribution is 2.27. The molecule has 2 aromatic rings. The minimum atomic E-state index is -0.645. The van der Waals surface area contributed by atoms with Crippen LogP contribution in [-0.2, 0) is 4.79 Å². The first-order chi connectivity index (χ1) is 10.8. The Morgan fingerprint density at radius 3 is 2.35 bits per heavy atom. The summed E-state index contributed by atoms with van der Waals surface area (Å²) >= 11 is 12.2. The molecule has 5 heteroatoms. The Morgan fingerprint density at radius 2 is 1.74 bits per heavy atom. The highest BCUT2D eigenvalue weighted by Gasteiger charge is 2.17. The standard InChI is InChI=1S/C18H19Cl2NO2/c1-10-8-14(9-11(2)17(10)20)23-13(4)18(22)21-16-7-5-6-15(19)12(16)3/h5-9,13H,1-4H3,(H,21,22)/t13-/m1/s1. The van der Waals surface area contributed by atoms with Gasteiger partial charge < -0.3 is 10.1 Å². The molecule has 0 saturated heterocycles. The molecule has 122 valence electrons. The van der Waals surface area contributed by atoms with Crippen LogP contribution in [0.3, 0.4) is 0 Å². The molecule has 0 fully saturated rings. The maximum Gasteiger partial charge on any atom is 0.265 e. The lowest BCUT2D eigenvalue weighted by Crippen LogP contribution is -2.30. The van der Waals surface area contributed by atoms with E-state index in [0.717, 1.165) is 16.7 Å². The maximum absolute atomic E-state index is 12.3. The Bertz CT molecular complexity index is 721. The Hall–Kier alpha value is -1.71. The van der Waals surface area contributed by atoms with Crippen LogP contribution >= 0.6 is 23.2 Å². The van der Waals surface area contributed by atoms with Crippen molar-refractivity contribution in [3.63, 3.8) is 0 Å². The molecule has 1 amide bonds. The summed E-state index contributed by atoms with van der Waals surface area (Å²) in [6, 6.07) is 9.03. The lowest BCUT2D eigenvalue weighted by molar-refractivity contribution is -0.122. The van der Waals surface area contributed by atoms with Gasteiger partial charge in [-0.05, 0) is 68.7 Å². The third-order valence-corrected chi connectivity index (χ3v) is 4.62. The van der Waals surface area contributed by atoms with E-state index < -0.39 is 6.10 Å². The first kappa shape index (κ1) is 17.6. The normalized spacial score (nSPS) is 11.9. The second-order valence-electron chi connectivity index (χ2n) is 5.53. The van der Waals surface area contributed by atoms with Crippen molar-refractivity contribution in [2.45, 2.75) is 33.8 Å². The highest BCUT2D eigenvalue weighted by atomic mass is 35.5. The fourth-order valence-corrected chi connectivity index (χ4v) is 2.49. The summed E-state index contributed by atoms with van der Waals surface area (Å²) in [5, 5.41) is 4.16. The van der Waals surface area contributed by atoms with E-state index in [4.69, 9.17) is 27.9 Å². The number of carbonyl (C=O) groups is 1. The molecule has 0 heterocycles. The third-order valence-electron chi connectivity index (χ3n) is 3.62. The quantitative estimate of drug-likeness (QED) is 0.808. The molecule has 0 aliphatic rings. The van der Waals surface area contributed by atoms with Gasteiger partial charge in [0.25, 0.3) is 5.91 Å². The number of rotatable bonds is 4. The molecule has 0 saturated carbocycles. The zero-order chi connectivity index (χ0) is 17.1. The molecule has 2 aromatic carbocycles. The molecule has 0 aliphatic heterocycles. The number of anilines is 1. The fraction of sp³-hybridized carbons (Fsp3) is 0.278. The van der Waals surface area contributed by atoms with Crippen LogP contribution in [-0.4, -0.2) is 12.0 Å². The second-order valence-corrected chi connectivity index (χ2v) is 6.32. The van der Waals surface area contributed by atoms with E-state index in [1.165, 1.54) is 0 Å². The number of aryl methyl sites for hydroxylation is 2. The van der Waals surface area contributed by atoms with Gasteiger partial charge in [-0.3, -0.25) is 4.79 Å². The monoisotopic (exact) mass is 351 g/mol. The SMILES string of the molecule is Cc1cc(O[C@H](C)C(=O)Nc2cccc(Cl)c2C)cc(C)c1Cl. The van der Waals surface area contributed by atoms with Crippen LogP contribution in [0.2, 0.25) is 10.0 Å². The zero-order valence-electron chi connectivity index (χ0n) is 13.5. The van der Waals surface area contributed by atoms with Crippen LogP contribution in [0.4, 0.5) is 5.69 Å². The molecule has 0 spiro atoms. The molecule has 3 nitrogen and oxygen atoms in total. The molecule has 0 radical (unpaired) electrons. The number of amides is 1. The van der Waals surface area contributed by atoms with Gasteiger partial charge in [0, 0.05) is 15.7 Å². The number of benzene rings is 2. The Kier molecular flexibility index (Phi) is 5.55. The van der Waals surface area contributed by atoms with E-state index >= 15 is 0 Å². The molecule has 1 N–H and O–H groups in total. The first-order valence-corrected chi connectivity index (χ1v) is 8.04. The predicted octanol–water partition coefficient (Wildman–Crippen LogP) is 5.32. The van der Waals surface area contributed by atoms with Crippen LogP contribution in [0.25, 0.3) is 0 Å². The van der Waals surface area contributed by atoms with E-state index in [2.05, 4.69) is 5.32 Å². The summed E-state index contributed by atoms with van der Waals surface area (Å²) in [6.45, 7) is 7.37. The molecule has 1 atom stereocenters. The third kappa shape index (κ3) is 4.18. The van der Waals surface area contributed by atoms with E-state index in [-0.39, 0.29) is 5.91 Å². The molecule has 23 heavy (non-hydrogen) atoms. The first-order valence-electron chi connectivity index (χ1n) is 7.29. The van der Waals surface area contributed by atoms with Crippen molar-refractivity contribution in [2.24, 2.45) is 0 Å². The summed E-state index contributed by atoms with van der Waals surface area (Å²) in [4.78, 5) is 12.3. The van der Waals surface area contributed by atoms with Crippen molar-refractivity contribution in [3.8, 4) is 5.75 Å². The largest absolute Gasteiger partial charge is 0.481 e. The molecule has 0 unspecified atom stereocenters. The number of carbonyl (C=O) groups excluding carboxylic acids is 1. The van der Waals surface area contributed by atoms with Crippen LogP contribution in [0, 0.1) is 20.8 Å². The number of nitrogens with one attached hydrogen (secondary N) is 1. The van der Waals surface area contributed by atoms with Crippen molar-refractivity contribution >= 4 is 34.8 Å². The van der Waals surface area contributed by atoms with Crippen LogP contribution < -0.4 is 10.1 Å². The van der Waals surface area contributed by atoms with E-state index in [9.17, 15) is 4.79 Å². The molecular formula is C18H19Cl2NO2. The molecule has 2 rings (SSSR count). The summed E-state index contributed by atoms with van der Waals surface area (Å²) < 4.78 is 5.73. The topological polar surface area (TPSA) is 38.3 Å². The Labute approximate surface area is 146 Å². The van der Waals surface area contributed by atoms with Gasteiger partial charge in [-0.2, -0.15) is 0 Å². The van der Waals surface area contributed by atoms with Gasteiger partial charge in [0.1, 0.15) is 5.75 Å². The van der Waals surface area contributed by atoms with Crippen LogP contribution in [0.1, 0.15) is 23.6 Å². The fourth-order valence-electron chi connectivity index (χ4n) is 2.21. The van der Waals surface area contributed by atoms with Crippen molar-refractivity contribution in [1.82, 2.24) is 0 Å². The minimum Gasteiger partial charge on any atom is -0.481 e. The number of halogens is 2.